The number of benzene rings is 1. The highest BCUT2D eigenvalue weighted by molar-refractivity contribution is 6.31. The molecule has 104 valence electrons. The van der Waals surface area contributed by atoms with Crippen molar-refractivity contribution in [2.45, 2.75) is 18.9 Å². The molecule has 3 rings (SSSR count). The average Bonchev–Trinajstić information content (AvgIpc) is 3.07. The highest BCUT2D eigenvalue weighted by atomic mass is 35.5. The smallest absolute Gasteiger partial charge is 0.307 e. The Hall–Kier alpha value is -1.88. The monoisotopic (exact) mass is 294 g/mol. The summed E-state index contributed by atoms with van der Waals surface area (Å²) >= 11 is 6.21. The number of rotatable bonds is 4. The molecule has 4 nitrogen and oxygen atoms in total. The molecule has 0 amide bonds. The van der Waals surface area contributed by atoms with Crippen LogP contribution >= 0.6 is 11.6 Å². The minimum atomic E-state index is -0.774. The quantitative estimate of drug-likeness (QED) is 0.943. The number of hydrogen-bond donors (Lipinski definition) is 1. The molecule has 20 heavy (non-hydrogen) atoms. The Morgan fingerprint density at radius 3 is 2.90 bits per heavy atom. The molecule has 2 atom stereocenters. The number of nitrogens with zero attached hydrogens (tertiary/aromatic N) is 2. The van der Waals surface area contributed by atoms with Crippen molar-refractivity contribution < 1.29 is 14.3 Å². The molecule has 0 bridgehead atoms. The molecule has 0 spiro atoms. The van der Waals surface area contributed by atoms with Gasteiger partial charge in [0.25, 0.3) is 0 Å². The van der Waals surface area contributed by atoms with Crippen LogP contribution < -0.4 is 0 Å². The van der Waals surface area contributed by atoms with E-state index in [4.69, 9.17) is 16.7 Å². The van der Waals surface area contributed by atoms with Gasteiger partial charge in [-0.2, -0.15) is 4.39 Å². The molecule has 0 radical (unpaired) electrons. The minimum absolute atomic E-state index is 0.0136. The topological polar surface area (TPSA) is 55.1 Å². The van der Waals surface area contributed by atoms with Crippen LogP contribution in [0.2, 0.25) is 5.02 Å². The molecule has 1 saturated carbocycles. The number of carbonyl (C=O) groups is 1. The van der Waals surface area contributed by atoms with Crippen molar-refractivity contribution in [2.75, 3.05) is 0 Å². The number of carboxylic acid groups (broad SMARTS) is 1. The zero-order valence-corrected chi connectivity index (χ0v) is 11.2. The molecule has 0 aliphatic heterocycles. The summed E-state index contributed by atoms with van der Waals surface area (Å²) in [5.74, 6) is -1.60. The third-order valence-electron chi connectivity index (χ3n) is 3.54. The second-order valence-electron chi connectivity index (χ2n) is 5.01. The van der Waals surface area contributed by atoms with Crippen LogP contribution in [-0.2, 0) is 11.3 Å². The van der Waals surface area contributed by atoms with E-state index in [9.17, 15) is 9.18 Å². The Labute approximate surface area is 119 Å². The molecule has 0 unspecified atom stereocenters. The van der Waals surface area contributed by atoms with Crippen molar-refractivity contribution >= 4 is 17.6 Å². The number of aromatic nitrogens is 2. The van der Waals surface area contributed by atoms with Gasteiger partial charge in [0.2, 0.25) is 5.95 Å². The van der Waals surface area contributed by atoms with Crippen LogP contribution in [0, 0.1) is 11.9 Å². The lowest BCUT2D eigenvalue weighted by molar-refractivity contribution is -0.138. The predicted molar refractivity (Wildman–Crippen MR) is 71.2 cm³/mol. The fraction of sp³-hybridized carbons (Fsp3) is 0.286. The predicted octanol–water partition coefficient (Wildman–Crippen LogP) is 2.91. The van der Waals surface area contributed by atoms with E-state index in [1.54, 1.807) is 10.6 Å². The van der Waals surface area contributed by atoms with Gasteiger partial charge in [-0.3, -0.25) is 4.79 Å². The van der Waals surface area contributed by atoms with Crippen LogP contribution in [-0.4, -0.2) is 20.6 Å². The maximum absolute atomic E-state index is 12.8. The van der Waals surface area contributed by atoms with Gasteiger partial charge < -0.3 is 9.67 Å². The number of aliphatic carboxylic acids is 1. The first-order valence-corrected chi connectivity index (χ1v) is 6.61. The molecule has 1 aromatic heterocycles. The van der Waals surface area contributed by atoms with E-state index in [1.165, 1.54) is 12.5 Å². The number of hydrogen-bond acceptors (Lipinski definition) is 2. The second-order valence-corrected chi connectivity index (χ2v) is 5.42. The Bertz CT molecular complexity index is 671. The number of carboxylic acids is 1. The summed E-state index contributed by atoms with van der Waals surface area (Å²) in [6.45, 7) is 0.476. The van der Waals surface area contributed by atoms with E-state index in [1.807, 2.05) is 12.1 Å². The maximum atomic E-state index is 12.8. The number of halogens is 2. The minimum Gasteiger partial charge on any atom is -0.481 e. The SMILES string of the molecule is O=C(O)[C@H]1C[C@@H]1c1ccc(Cn2cnc(F)c2)cc1Cl. The molecule has 1 aromatic carbocycles. The maximum Gasteiger partial charge on any atom is 0.307 e. The fourth-order valence-electron chi connectivity index (χ4n) is 2.41. The highest BCUT2D eigenvalue weighted by Gasteiger charge is 2.45. The molecular weight excluding hydrogens is 283 g/mol. The fourth-order valence-corrected chi connectivity index (χ4v) is 2.75. The third-order valence-corrected chi connectivity index (χ3v) is 3.87. The van der Waals surface area contributed by atoms with Crippen LogP contribution in [0.25, 0.3) is 0 Å². The van der Waals surface area contributed by atoms with Crippen LogP contribution in [0.5, 0.6) is 0 Å². The first-order chi connectivity index (χ1) is 9.54. The van der Waals surface area contributed by atoms with Gasteiger partial charge in [0.15, 0.2) is 0 Å². The highest BCUT2D eigenvalue weighted by Crippen LogP contribution is 2.49. The van der Waals surface area contributed by atoms with E-state index in [0.717, 1.165) is 11.1 Å². The first-order valence-electron chi connectivity index (χ1n) is 6.23. The van der Waals surface area contributed by atoms with E-state index in [-0.39, 0.29) is 11.8 Å². The summed E-state index contributed by atoms with van der Waals surface area (Å²) in [4.78, 5) is 14.4. The lowest BCUT2D eigenvalue weighted by atomic mass is 10.1. The molecule has 1 N–H and O–H groups in total. The van der Waals surface area contributed by atoms with Crippen molar-refractivity contribution in [3.8, 4) is 0 Å². The standard InChI is InChI=1S/C14H12ClFN2O2/c15-12-3-8(5-18-6-13(16)17-7-18)1-2-9(12)10-4-11(10)14(19)20/h1-3,6-7,10-11H,4-5H2,(H,19,20)/t10-,11+/m1/s1. The van der Waals surface area contributed by atoms with Crippen molar-refractivity contribution in [1.29, 1.82) is 0 Å². The van der Waals surface area contributed by atoms with Gasteiger partial charge >= 0.3 is 5.97 Å². The van der Waals surface area contributed by atoms with Gasteiger partial charge in [-0.05, 0) is 29.5 Å². The molecule has 1 aliphatic carbocycles. The third kappa shape index (κ3) is 2.54. The van der Waals surface area contributed by atoms with Crippen LogP contribution in [0.15, 0.2) is 30.7 Å². The van der Waals surface area contributed by atoms with E-state index >= 15 is 0 Å². The Morgan fingerprint density at radius 2 is 2.35 bits per heavy atom. The summed E-state index contributed by atoms with van der Waals surface area (Å²) in [6.07, 6.45) is 3.36. The Balaban J connectivity index is 1.76. The summed E-state index contributed by atoms with van der Waals surface area (Å²) in [5, 5.41) is 9.51. The molecule has 1 fully saturated rings. The van der Waals surface area contributed by atoms with Gasteiger partial charge in [-0.15, -0.1) is 0 Å². The molecule has 1 aliphatic rings. The van der Waals surface area contributed by atoms with Crippen molar-refractivity contribution in [3.05, 3.63) is 52.8 Å². The largest absolute Gasteiger partial charge is 0.481 e. The van der Waals surface area contributed by atoms with Crippen LogP contribution in [0.1, 0.15) is 23.5 Å². The Kier molecular flexibility index (Phi) is 3.22. The summed E-state index contributed by atoms with van der Waals surface area (Å²) < 4.78 is 14.4. The zero-order chi connectivity index (χ0) is 14.3. The summed E-state index contributed by atoms with van der Waals surface area (Å²) in [5.41, 5.74) is 1.79. The van der Waals surface area contributed by atoms with Gasteiger partial charge in [0, 0.05) is 11.6 Å². The lowest BCUT2D eigenvalue weighted by Gasteiger charge is -2.07. The zero-order valence-electron chi connectivity index (χ0n) is 10.5. The molecule has 6 heteroatoms. The van der Waals surface area contributed by atoms with Crippen LogP contribution in [0.3, 0.4) is 0 Å². The van der Waals surface area contributed by atoms with E-state index in [0.29, 0.717) is 18.0 Å². The second kappa shape index (κ2) is 4.90. The molecule has 2 aromatic rings. The van der Waals surface area contributed by atoms with E-state index in [2.05, 4.69) is 4.98 Å². The van der Waals surface area contributed by atoms with Gasteiger partial charge in [-0.1, -0.05) is 23.7 Å². The van der Waals surface area contributed by atoms with E-state index < -0.39 is 11.9 Å². The summed E-state index contributed by atoms with van der Waals surface area (Å²) in [7, 11) is 0. The normalized spacial score (nSPS) is 20.9. The van der Waals surface area contributed by atoms with Gasteiger partial charge in [0.05, 0.1) is 18.4 Å². The lowest BCUT2D eigenvalue weighted by Crippen LogP contribution is -2.00. The average molecular weight is 295 g/mol. The first kappa shape index (κ1) is 13.1. The molecule has 1 heterocycles. The van der Waals surface area contributed by atoms with Crippen LogP contribution in [0.4, 0.5) is 4.39 Å². The number of imidazole rings is 1. The Morgan fingerprint density at radius 1 is 1.55 bits per heavy atom. The van der Waals surface area contributed by atoms with Crippen molar-refractivity contribution in [3.63, 3.8) is 0 Å². The summed E-state index contributed by atoms with van der Waals surface area (Å²) in [6, 6.07) is 5.54. The molecule has 0 saturated heterocycles. The van der Waals surface area contributed by atoms with Gasteiger partial charge in [0.1, 0.15) is 0 Å². The molecular formula is C14H12ClFN2O2. The van der Waals surface area contributed by atoms with Crippen molar-refractivity contribution in [2.24, 2.45) is 5.92 Å². The van der Waals surface area contributed by atoms with Gasteiger partial charge in [-0.25, -0.2) is 4.98 Å². The van der Waals surface area contributed by atoms with Crippen molar-refractivity contribution in [1.82, 2.24) is 9.55 Å².